The first kappa shape index (κ1) is 17.4. The number of rotatable bonds is 6. The highest BCUT2D eigenvalue weighted by molar-refractivity contribution is 5.96. The van der Waals surface area contributed by atoms with Crippen LogP contribution in [0, 0.1) is 15.9 Å². The van der Waals surface area contributed by atoms with E-state index >= 15 is 0 Å². The molecule has 7 heteroatoms. The van der Waals surface area contributed by atoms with Crippen molar-refractivity contribution in [3.8, 4) is 0 Å². The van der Waals surface area contributed by atoms with E-state index in [1.165, 1.54) is 6.07 Å². The van der Waals surface area contributed by atoms with Gasteiger partial charge in [0, 0.05) is 17.4 Å². The van der Waals surface area contributed by atoms with Crippen LogP contribution in [0.1, 0.15) is 19.4 Å². The van der Waals surface area contributed by atoms with Crippen LogP contribution < -0.4 is 10.6 Å². The molecule has 0 spiro atoms. The highest BCUT2D eigenvalue weighted by atomic mass is 19.1. The number of nitrogens with zero attached hydrogens (tertiary/aromatic N) is 1. The predicted octanol–water partition coefficient (Wildman–Crippen LogP) is 3.74. The van der Waals surface area contributed by atoms with Gasteiger partial charge in [-0.1, -0.05) is 25.1 Å². The first-order valence-corrected chi connectivity index (χ1v) is 7.51. The van der Waals surface area contributed by atoms with Gasteiger partial charge < -0.3 is 10.6 Å². The molecule has 0 saturated carbocycles. The first-order chi connectivity index (χ1) is 11.4. The Morgan fingerprint density at radius 3 is 2.67 bits per heavy atom. The van der Waals surface area contributed by atoms with E-state index < -0.39 is 22.5 Å². The van der Waals surface area contributed by atoms with Crippen molar-refractivity contribution in [1.82, 2.24) is 0 Å². The number of carbonyl (C=O) groups excluding carboxylic acids is 1. The summed E-state index contributed by atoms with van der Waals surface area (Å²) in [5.74, 6) is -1.32. The van der Waals surface area contributed by atoms with E-state index in [9.17, 15) is 19.3 Å². The van der Waals surface area contributed by atoms with E-state index in [0.717, 1.165) is 29.8 Å². The summed E-state index contributed by atoms with van der Waals surface area (Å²) in [4.78, 5) is 22.2. The third-order valence-electron chi connectivity index (χ3n) is 3.57. The second-order valence-corrected chi connectivity index (χ2v) is 5.29. The van der Waals surface area contributed by atoms with Crippen molar-refractivity contribution in [2.45, 2.75) is 26.3 Å². The van der Waals surface area contributed by atoms with Crippen LogP contribution in [0.25, 0.3) is 0 Å². The van der Waals surface area contributed by atoms with E-state index in [0.29, 0.717) is 0 Å². The van der Waals surface area contributed by atoms with Crippen LogP contribution in [0.4, 0.5) is 21.5 Å². The van der Waals surface area contributed by atoms with Gasteiger partial charge in [-0.2, -0.15) is 4.39 Å². The molecule has 0 fully saturated rings. The molecule has 2 N–H and O–H groups in total. The number of anilines is 2. The lowest BCUT2D eigenvalue weighted by molar-refractivity contribution is -0.387. The number of benzene rings is 2. The number of nitro benzene ring substituents is 1. The van der Waals surface area contributed by atoms with Crippen LogP contribution in [-0.2, 0) is 11.2 Å². The lowest BCUT2D eigenvalue weighted by atomic mass is 10.1. The van der Waals surface area contributed by atoms with E-state index in [1.807, 2.05) is 31.2 Å². The summed E-state index contributed by atoms with van der Waals surface area (Å²) in [7, 11) is 0. The summed E-state index contributed by atoms with van der Waals surface area (Å²) >= 11 is 0. The quantitative estimate of drug-likeness (QED) is 0.624. The zero-order chi connectivity index (χ0) is 17.7. The maximum Gasteiger partial charge on any atom is 0.306 e. The van der Waals surface area contributed by atoms with Gasteiger partial charge in [-0.15, -0.1) is 0 Å². The summed E-state index contributed by atoms with van der Waals surface area (Å²) in [5.41, 5.74) is 1.43. The molecule has 2 aromatic rings. The van der Waals surface area contributed by atoms with Crippen molar-refractivity contribution in [2.24, 2.45) is 0 Å². The van der Waals surface area contributed by atoms with Gasteiger partial charge in [-0.3, -0.25) is 14.9 Å². The number of para-hydroxylation sites is 1. The van der Waals surface area contributed by atoms with Crippen molar-refractivity contribution in [3.63, 3.8) is 0 Å². The number of hydrogen-bond donors (Lipinski definition) is 2. The van der Waals surface area contributed by atoms with Gasteiger partial charge >= 0.3 is 5.69 Å². The summed E-state index contributed by atoms with van der Waals surface area (Å²) in [6.45, 7) is 3.70. The van der Waals surface area contributed by atoms with E-state index in [1.54, 1.807) is 6.92 Å². The Labute approximate surface area is 138 Å². The molecule has 1 atom stereocenters. The minimum absolute atomic E-state index is 0.172. The molecule has 0 saturated heterocycles. The summed E-state index contributed by atoms with van der Waals surface area (Å²) in [6, 6.07) is 10.3. The molecular formula is C17H18FN3O3. The fourth-order valence-electron chi connectivity index (χ4n) is 2.25. The van der Waals surface area contributed by atoms with Gasteiger partial charge in [0.15, 0.2) is 0 Å². The molecule has 0 aliphatic rings. The zero-order valence-corrected chi connectivity index (χ0v) is 13.4. The first-order valence-electron chi connectivity index (χ1n) is 7.51. The average molecular weight is 331 g/mol. The lowest BCUT2D eigenvalue weighted by Crippen LogP contribution is -2.32. The van der Waals surface area contributed by atoms with Gasteiger partial charge in [-0.25, -0.2) is 0 Å². The van der Waals surface area contributed by atoms with Crippen molar-refractivity contribution < 1.29 is 14.1 Å². The molecule has 2 rings (SSSR count). The third kappa shape index (κ3) is 4.07. The van der Waals surface area contributed by atoms with Crippen LogP contribution in [-0.4, -0.2) is 16.9 Å². The normalized spacial score (nSPS) is 11.6. The fourth-order valence-corrected chi connectivity index (χ4v) is 2.25. The summed E-state index contributed by atoms with van der Waals surface area (Å²) in [6.07, 6.45) is 0.821. The smallest absolute Gasteiger partial charge is 0.306 e. The molecular weight excluding hydrogens is 313 g/mol. The molecule has 0 radical (unpaired) electrons. The van der Waals surface area contributed by atoms with E-state index in [-0.39, 0.29) is 11.6 Å². The Balaban J connectivity index is 2.09. The number of carbonyl (C=O) groups is 1. The second kappa shape index (κ2) is 7.54. The minimum Gasteiger partial charge on any atom is -0.374 e. The van der Waals surface area contributed by atoms with Crippen molar-refractivity contribution in [2.75, 3.05) is 10.6 Å². The zero-order valence-electron chi connectivity index (χ0n) is 13.4. The van der Waals surface area contributed by atoms with Crippen LogP contribution in [0.15, 0.2) is 42.5 Å². The van der Waals surface area contributed by atoms with Gasteiger partial charge in [-0.05, 0) is 37.1 Å². The van der Waals surface area contributed by atoms with Crippen molar-refractivity contribution >= 4 is 23.0 Å². The van der Waals surface area contributed by atoms with Crippen LogP contribution in [0.5, 0.6) is 0 Å². The van der Waals surface area contributed by atoms with E-state index in [2.05, 4.69) is 10.6 Å². The summed E-state index contributed by atoms with van der Waals surface area (Å²) in [5, 5.41) is 16.4. The average Bonchev–Trinajstić information content (AvgIpc) is 2.56. The number of hydrogen-bond acceptors (Lipinski definition) is 4. The molecule has 0 bridgehead atoms. The second-order valence-electron chi connectivity index (χ2n) is 5.29. The Morgan fingerprint density at radius 2 is 2.00 bits per heavy atom. The van der Waals surface area contributed by atoms with Gasteiger partial charge in [0.2, 0.25) is 11.7 Å². The van der Waals surface area contributed by atoms with Gasteiger partial charge in [0.05, 0.1) is 4.92 Å². The molecule has 126 valence electrons. The molecule has 0 heterocycles. The van der Waals surface area contributed by atoms with Crippen molar-refractivity contribution in [1.29, 1.82) is 0 Å². The standard InChI is InChI=1S/C17H18FN3O3/c1-3-12-6-4-5-7-15(12)19-11(2)17(22)20-13-8-9-14(18)16(10-13)21(23)24/h4-11,19H,3H2,1-2H3,(H,20,22)/t11-/m0/s1. The number of aryl methyl sites for hydroxylation is 1. The van der Waals surface area contributed by atoms with Gasteiger partial charge in [0.25, 0.3) is 0 Å². The largest absolute Gasteiger partial charge is 0.374 e. The number of amides is 1. The van der Waals surface area contributed by atoms with Crippen LogP contribution >= 0.6 is 0 Å². The fraction of sp³-hybridized carbons (Fsp3) is 0.235. The molecule has 24 heavy (non-hydrogen) atoms. The SMILES string of the molecule is CCc1ccccc1N[C@@H](C)C(=O)Nc1ccc(F)c([N+](=O)[O-])c1. The van der Waals surface area contributed by atoms with E-state index in [4.69, 9.17) is 0 Å². The topological polar surface area (TPSA) is 84.3 Å². The van der Waals surface area contributed by atoms with Crippen LogP contribution in [0.3, 0.4) is 0 Å². The highest BCUT2D eigenvalue weighted by Gasteiger charge is 2.18. The minimum atomic E-state index is -0.943. The monoisotopic (exact) mass is 331 g/mol. The number of nitrogens with one attached hydrogen (secondary N) is 2. The number of nitro groups is 1. The predicted molar refractivity (Wildman–Crippen MR) is 90.6 cm³/mol. The molecule has 6 nitrogen and oxygen atoms in total. The molecule has 0 aromatic heterocycles. The molecule has 1 amide bonds. The molecule has 2 aromatic carbocycles. The lowest BCUT2D eigenvalue weighted by Gasteiger charge is -2.17. The Bertz CT molecular complexity index is 764. The molecule has 0 aliphatic heterocycles. The Kier molecular flexibility index (Phi) is 5.47. The Morgan fingerprint density at radius 1 is 1.29 bits per heavy atom. The third-order valence-corrected chi connectivity index (χ3v) is 3.57. The number of halogens is 1. The van der Waals surface area contributed by atoms with Crippen molar-refractivity contribution in [3.05, 3.63) is 64.0 Å². The maximum atomic E-state index is 13.3. The molecule has 0 aliphatic carbocycles. The Hall–Kier alpha value is -2.96. The highest BCUT2D eigenvalue weighted by Crippen LogP contribution is 2.22. The maximum absolute atomic E-state index is 13.3. The molecule has 0 unspecified atom stereocenters. The summed E-state index contributed by atoms with van der Waals surface area (Å²) < 4.78 is 13.3. The van der Waals surface area contributed by atoms with Gasteiger partial charge in [0.1, 0.15) is 6.04 Å². The van der Waals surface area contributed by atoms with Crippen LogP contribution in [0.2, 0.25) is 0 Å².